The van der Waals surface area contributed by atoms with Crippen molar-refractivity contribution in [2.45, 2.75) is 4.90 Å². The molecule has 0 radical (unpaired) electrons. The Labute approximate surface area is 193 Å². The molecular formula is C24H17BrN4O2S. The van der Waals surface area contributed by atoms with Crippen LogP contribution in [-0.4, -0.2) is 23.3 Å². The topological polar surface area (TPSA) is 76.9 Å². The van der Waals surface area contributed by atoms with E-state index in [9.17, 15) is 8.42 Å². The molecule has 0 aliphatic heterocycles. The van der Waals surface area contributed by atoms with Crippen molar-refractivity contribution in [1.29, 1.82) is 0 Å². The van der Waals surface area contributed by atoms with Gasteiger partial charge in [0.15, 0.2) is 11.6 Å². The van der Waals surface area contributed by atoms with Gasteiger partial charge in [-0.3, -0.25) is 0 Å². The van der Waals surface area contributed by atoms with Gasteiger partial charge in [-0.25, -0.2) is 9.51 Å². The highest BCUT2D eigenvalue weighted by Crippen LogP contribution is 2.27. The number of fused-ring (bicyclic) bond motifs is 1. The molecule has 4 aromatic carbocycles. The van der Waals surface area contributed by atoms with Crippen LogP contribution in [0.25, 0.3) is 33.5 Å². The first-order chi connectivity index (χ1) is 15.5. The zero-order valence-electron chi connectivity index (χ0n) is 16.7. The second kappa shape index (κ2) is 8.22. The van der Waals surface area contributed by atoms with Crippen molar-refractivity contribution in [2.24, 2.45) is 0 Å². The molecule has 0 aliphatic rings. The first-order valence-corrected chi connectivity index (χ1v) is 12.1. The standard InChI is InChI=1S/C24H17BrN4O2S/c25-21-12-6-11-20(15-21)24-27-26-23(18-8-2-1-3-9-18)29(24)28-32(30,31)22-14-13-17-7-4-5-10-19(17)16-22/h1-16,28H. The average Bonchev–Trinajstić information content (AvgIpc) is 3.22. The molecule has 0 atom stereocenters. The predicted octanol–water partition coefficient (Wildman–Crippen LogP) is 5.46. The smallest absolute Gasteiger partial charge is 0.213 e. The highest BCUT2D eigenvalue weighted by Gasteiger charge is 2.22. The molecule has 0 saturated heterocycles. The highest BCUT2D eigenvalue weighted by atomic mass is 79.9. The quantitative estimate of drug-likeness (QED) is 0.344. The van der Waals surface area contributed by atoms with Crippen molar-refractivity contribution in [3.63, 3.8) is 0 Å². The summed E-state index contributed by atoms with van der Waals surface area (Å²) in [6, 6.07) is 29.5. The maximum absolute atomic E-state index is 13.4. The van der Waals surface area contributed by atoms with E-state index in [0.29, 0.717) is 11.6 Å². The number of benzene rings is 4. The molecule has 0 unspecified atom stereocenters. The normalized spacial score (nSPS) is 11.5. The lowest BCUT2D eigenvalue weighted by molar-refractivity contribution is 0.595. The zero-order chi connectivity index (χ0) is 22.1. The summed E-state index contributed by atoms with van der Waals surface area (Å²) in [4.78, 5) is 2.84. The predicted molar refractivity (Wildman–Crippen MR) is 129 cm³/mol. The Balaban J connectivity index is 1.64. The molecule has 158 valence electrons. The number of hydrogen-bond acceptors (Lipinski definition) is 4. The highest BCUT2D eigenvalue weighted by molar-refractivity contribution is 9.10. The van der Waals surface area contributed by atoms with Crippen LogP contribution in [-0.2, 0) is 10.0 Å². The fourth-order valence-electron chi connectivity index (χ4n) is 3.47. The van der Waals surface area contributed by atoms with E-state index in [1.807, 2.05) is 78.9 Å². The van der Waals surface area contributed by atoms with Crippen LogP contribution in [0.4, 0.5) is 0 Å². The fourth-order valence-corrected chi connectivity index (χ4v) is 4.91. The lowest BCUT2D eigenvalue weighted by Gasteiger charge is -2.14. The molecule has 0 bridgehead atoms. The number of aromatic nitrogens is 3. The van der Waals surface area contributed by atoms with Gasteiger partial charge in [-0.05, 0) is 35.0 Å². The van der Waals surface area contributed by atoms with E-state index in [1.54, 1.807) is 18.2 Å². The van der Waals surface area contributed by atoms with Gasteiger partial charge in [0.1, 0.15) is 0 Å². The van der Waals surface area contributed by atoms with Crippen LogP contribution in [0.5, 0.6) is 0 Å². The largest absolute Gasteiger partial charge is 0.275 e. The van der Waals surface area contributed by atoms with E-state index in [1.165, 1.54) is 4.68 Å². The van der Waals surface area contributed by atoms with E-state index >= 15 is 0 Å². The maximum Gasteiger partial charge on any atom is 0.275 e. The van der Waals surface area contributed by atoms with Crippen molar-refractivity contribution < 1.29 is 8.42 Å². The number of nitrogens with one attached hydrogen (secondary N) is 1. The van der Waals surface area contributed by atoms with Crippen LogP contribution in [0.1, 0.15) is 0 Å². The van der Waals surface area contributed by atoms with Crippen molar-refractivity contribution in [1.82, 2.24) is 14.9 Å². The number of sulfonamides is 1. The van der Waals surface area contributed by atoms with Gasteiger partial charge in [0.05, 0.1) is 4.90 Å². The molecule has 32 heavy (non-hydrogen) atoms. The number of halogens is 1. The molecule has 0 amide bonds. The third-order valence-electron chi connectivity index (χ3n) is 5.02. The SMILES string of the molecule is O=S(=O)(Nn1c(-c2ccccc2)nnc1-c1cccc(Br)c1)c1ccc2ccccc2c1. The van der Waals surface area contributed by atoms with Crippen molar-refractivity contribution in [2.75, 3.05) is 4.83 Å². The summed E-state index contributed by atoms with van der Waals surface area (Å²) in [5.74, 6) is 0.777. The second-order valence-electron chi connectivity index (χ2n) is 7.16. The molecule has 0 fully saturated rings. The van der Waals surface area contributed by atoms with Gasteiger partial charge in [0.2, 0.25) is 0 Å². The number of nitrogens with zero attached hydrogens (tertiary/aromatic N) is 3. The summed E-state index contributed by atoms with van der Waals surface area (Å²) in [6.07, 6.45) is 0. The molecule has 5 aromatic rings. The summed E-state index contributed by atoms with van der Waals surface area (Å²) in [7, 11) is -3.92. The van der Waals surface area contributed by atoms with E-state index in [-0.39, 0.29) is 4.90 Å². The van der Waals surface area contributed by atoms with Gasteiger partial charge in [-0.1, -0.05) is 88.7 Å². The molecule has 1 N–H and O–H groups in total. The lowest BCUT2D eigenvalue weighted by Crippen LogP contribution is -2.25. The molecule has 0 spiro atoms. The van der Waals surface area contributed by atoms with Gasteiger partial charge in [-0.2, -0.15) is 8.42 Å². The Morgan fingerprint density at radius 2 is 1.34 bits per heavy atom. The molecule has 6 nitrogen and oxygen atoms in total. The molecular weight excluding hydrogens is 488 g/mol. The summed E-state index contributed by atoms with van der Waals surface area (Å²) >= 11 is 3.46. The van der Waals surface area contributed by atoms with E-state index in [2.05, 4.69) is 31.0 Å². The minimum absolute atomic E-state index is 0.157. The van der Waals surface area contributed by atoms with Gasteiger partial charge in [0.25, 0.3) is 10.0 Å². The Bertz CT molecular complexity index is 1530. The summed E-state index contributed by atoms with van der Waals surface area (Å²) < 4.78 is 29.0. The van der Waals surface area contributed by atoms with Crippen LogP contribution in [0, 0.1) is 0 Å². The van der Waals surface area contributed by atoms with Gasteiger partial charge in [-0.15, -0.1) is 10.2 Å². The maximum atomic E-state index is 13.4. The minimum Gasteiger partial charge on any atom is -0.213 e. The molecule has 1 aromatic heterocycles. The van der Waals surface area contributed by atoms with E-state index in [4.69, 9.17) is 0 Å². The van der Waals surface area contributed by atoms with Gasteiger partial charge in [0, 0.05) is 15.6 Å². The molecule has 0 saturated carbocycles. The molecule has 1 heterocycles. The van der Waals surface area contributed by atoms with Crippen molar-refractivity contribution in [3.8, 4) is 22.8 Å². The van der Waals surface area contributed by atoms with E-state index in [0.717, 1.165) is 26.4 Å². The third kappa shape index (κ3) is 3.90. The monoisotopic (exact) mass is 504 g/mol. The Morgan fingerprint density at radius 1 is 0.688 bits per heavy atom. The number of hydrogen-bond donors (Lipinski definition) is 1. The second-order valence-corrected chi connectivity index (χ2v) is 9.74. The third-order valence-corrected chi connectivity index (χ3v) is 6.81. The Kier molecular flexibility index (Phi) is 5.24. The van der Waals surface area contributed by atoms with Gasteiger partial charge < -0.3 is 0 Å². The summed E-state index contributed by atoms with van der Waals surface area (Å²) in [6.45, 7) is 0. The van der Waals surface area contributed by atoms with Crippen LogP contribution in [0.3, 0.4) is 0 Å². The molecule has 8 heteroatoms. The van der Waals surface area contributed by atoms with Crippen molar-refractivity contribution >= 4 is 36.7 Å². The minimum atomic E-state index is -3.92. The average molecular weight is 505 g/mol. The fraction of sp³-hybridized carbons (Fsp3) is 0. The van der Waals surface area contributed by atoms with Crippen LogP contribution < -0.4 is 4.83 Å². The molecule has 5 rings (SSSR count). The Hall–Kier alpha value is -3.49. The van der Waals surface area contributed by atoms with Gasteiger partial charge >= 0.3 is 0 Å². The number of rotatable bonds is 5. The summed E-state index contributed by atoms with van der Waals surface area (Å²) in [5.41, 5.74) is 1.46. The van der Waals surface area contributed by atoms with Crippen LogP contribution >= 0.6 is 15.9 Å². The lowest BCUT2D eigenvalue weighted by atomic mass is 10.1. The van der Waals surface area contributed by atoms with E-state index < -0.39 is 10.0 Å². The first kappa shape index (κ1) is 20.4. The Morgan fingerprint density at radius 3 is 2.09 bits per heavy atom. The molecule has 0 aliphatic carbocycles. The first-order valence-electron chi connectivity index (χ1n) is 9.80. The summed E-state index contributed by atoms with van der Waals surface area (Å²) in [5, 5.41) is 10.4. The van der Waals surface area contributed by atoms with Crippen molar-refractivity contribution in [3.05, 3.63) is 102 Å². The van der Waals surface area contributed by atoms with Crippen LogP contribution in [0.2, 0.25) is 0 Å². The van der Waals surface area contributed by atoms with Crippen LogP contribution in [0.15, 0.2) is 106 Å². The zero-order valence-corrected chi connectivity index (χ0v) is 19.1.